The first kappa shape index (κ1) is 17.9. The minimum Gasteiger partial charge on any atom is -0.394 e. The van der Waals surface area contributed by atoms with Crippen LogP contribution < -0.4 is 5.32 Å². The van der Waals surface area contributed by atoms with Gasteiger partial charge in [-0.3, -0.25) is 0 Å². The van der Waals surface area contributed by atoms with Crippen LogP contribution in [0.1, 0.15) is 35.2 Å². The van der Waals surface area contributed by atoms with Gasteiger partial charge in [0.25, 0.3) is 0 Å². The van der Waals surface area contributed by atoms with Gasteiger partial charge < -0.3 is 10.4 Å². The highest BCUT2D eigenvalue weighted by molar-refractivity contribution is 7.18. The van der Waals surface area contributed by atoms with E-state index in [0.717, 1.165) is 28.1 Å². The van der Waals surface area contributed by atoms with Crippen LogP contribution in [-0.4, -0.2) is 37.3 Å². The van der Waals surface area contributed by atoms with E-state index in [1.165, 1.54) is 16.0 Å². The lowest BCUT2D eigenvalue weighted by Gasteiger charge is -2.15. The largest absolute Gasteiger partial charge is 0.394 e. The summed E-state index contributed by atoms with van der Waals surface area (Å²) >= 11 is 1.67. The van der Waals surface area contributed by atoms with Crippen LogP contribution in [0, 0.1) is 13.8 Å². The highest BCUT2D eigenvalue weighted by Gasteiger charge is 2.19. The summed E-state index contributed by atoms with van der Waals surface area (Å²) in [6, 6.07) is 10.2. The molecule has 0 aliphatic carbocycles. The summed E-state index contributed by atoms with van der Waals surface area (Å²) in [5, 5.41) is 18.7. The molecular formula is C20H23N5OS. The lowest BCUT2D eigenvalue weighted by atomic mass is 10.1. The number of anilines is 1. The molecule has 7 heteroatoms. The van der Waals surface area contributed by atoms with Crippen LogP contribution in [0.5, 0.6) is 0 Å². The van der Waals surface area contributed by atoms with Crippen molar-refractivity contribution < 1.29 is 5.11 Å². The van der Waals surface area contributed by atoms with Crippen molar-refractivity contribution in [3.63, 3.8) is 0 Å². The second-order valence-electron chi connectivity index (χ2n) is 6.76. The Morgan fingerprint density at radius 3 is 2.67 bits per heavy atom. The number of thiophene rings is 1. The summed E-state index contributed by atoms with van der Waals surface area (Å²) in [5.74, 6) is 1.39. The maximum absolute atomic E-state index is 9.59. The van der Waals surface area contributed by atoms with E-state index in [9.17, 15) is 5.11 Å². The van der Waals surface area contributed by atoms with E-state index in [1.54, 1.807) is 15.9 Å². The zero-order chi connectivity index (χ0) is 19.0. The molecule has 1 unspecified atom stereocenters. The Bertz CT molecular complexity index is 1080. The van der Waals surface area contributed by atoms with Crippen molar-refractivity contribution >= 4 is 33.1 Å². The number of aliphatic hydroxyl groups excluding tert-OH is 1. The van der Waals surface area contributed by atoms with Crippen LogP contribution in [0.25, 0.3) is 15.9 Å². The summed E-state index contributed by atoms with van der Waals surface area (Å²) in [7, 11) is 0. The molecule has 4 aromatic rings. The molecule has 0 aliphatic heterocycles. The number of nitrogens with one attached hydrogen (secondary N) is 1. The summed E-state index contributed by atoms with van der Waals surface area (Å²) in [6.07, 6.45) is 1.47. The fraction of sp³-hybridized carbons (Fsp3) is 0.350. The van der Waals surface area contributed by atoms with Gasteiger partial charge in [-0.15, -0.1) is 16.4 Å². The molecule has 2 N–H and O–H groups in total. The van der Waals surface area contributed by atoms with E-state index in [4.69, 9.17) is 15.1 Å². The Hall–Kier alpha value is -2.51. The molecule has 0 spiro atoms. The molecule has 0 radical (unpaired) electrons. The molecule has 4 rings (SSSR count). The Morgan fingerprint density at radius 2 is 1.96 bits per heavy atom. The second-order valence-corrected chi connectivity index (χ2v) is 7.96. The molecule has 3 heterocycles. The van der Waals surface area contributed by atoms with Crippen molar-refractivity contribution in [1.82, 2.24) is 19.6 Å². The maximum Gasteiger partial charge on any atom is 0.227 e. The third-order valence-electron chi connectivity index (χ3n) is 4.90. The predicted molar refractivity (Wildman–Crippen MR) is 110 cm³/mol. The van der Waals surface area contributed by atoms with Gasteiger partial charge in [-0.05, 0) is 31.4 Å². The molecule has 140 valence electrons. The zero-order valence-corrected chi connectivity index (χ0v) is 16.5. The summed E-state index contributed by atoms with van der Waals surface area (Å²) in [5.41, 5.74) is 3.20. The highest BCUT2D eigenvalue weighted by atomic mass is 32.1. The van der Waals surface area contributed by atoms with E-state index in [-0.39, 0.29) is 12.6 Å². The van der Waals surface area contributed by atoms with Crippen LogP contribution in [0.4, 0.5) is 5.95 Å². The highest BCUT2D eigenvalue weighted by Crippen LogP contribution is 2.33. The van der Waals surface area contributed by atoms with E-state index in [0.29, 0.717) is 12.4 Å². The molecule has 0 aliphatic rings. The van der Waals surface area contributed by atoms with Crippen molar-refractivity contribution in [2.75, 3.05) is 11.9 Å². The average molecular weight is 382 g/mol. The molecule has 6 nitrogen and oxygen atoms in total. The number of hydrogen-bond donors (Lipinski definition) is 2. The molecule has 1 aromatic carbocycles. The number of nitrogens with zero attached hydrogens (tertiary/aromatic N) is 4. The Kier molecular flexibility index (Phi) is 4.80. The summed E-state index contributed by atoms with van der Waals surface area (Å²) in [6.45, 7) is 6.29. The molecule has 0 saturated heterocycles. The number of benzene rings is 1. The van der Waals surface area contributed by atoms with Gasteiger partial charge in [0.2, 0.25) is 5.95 Å². The van der Waals surface area contributed by atoms with Gasteiger partial charge in [0.05, 0.1) is 18.0 Å². The van der Waals surface area contributed by atoms with Crippen LogP contribution in [0.2, 0.25) is 0 Å². The number of aliphatic hydroxyl groups is 1. The Morgan fingerprint density at radius 1 is 1.19 bits per heavy atom. The number of aromatic nitrogens is 4. The van der Waals surface area contributed by atoms with Gasteiger partial charge >= 0.3 is 0 Å². The van der Waals surface area contributed by atoms with E-state index < -0.39 is 0 Å². The molecule has 0 saturated carbocycles. The zero-order valence-electron chi connectivity index (χ0n) is 15.7. The van der Waals surface area contributed by atoms with Gasteiger partial charge in [0, 0.05) is 11.3 Å². The van der Waals surface area contributed by atoms with Crippen molar-refractivity contribution in [1.29, 1.82) is 0 Å². The van der Waals surface area contributed by atoms with Crippen LogP contribution in [0.3, 0.4) is 0 Å². The standard InChI is InChI=1S/C20H23N5OS/c1-4-15(11-26)21-20-23-19-17(12(2)13(3)27-19)18-22-16(24-25(18)20)10-14-8-6-5-7-9-14/h5-9,15,26H,4,10-11H2,1-3H3,(H,21,23). The topological polar surface area (TPSA) is 75.3 Å². The smallest absolute Gasteiger partial charge is 0.227 e. The molecule has 0 bridgehead atoms. The van der Waals surface area contributed by atoms with Crippen LogP contribution >= 0.6 is 11.3 Å². The van der Waals surface area contributed by atoms with E-state index in [1.807, 2.05) is 25.1 Å². The van der Waals surface area contributed by atoms with Crippen LogP contribution in [-0.2, 0) is 6.42 Å². The van der Waals surface area contributed by atoms with Crippen molar-refractivity contribution in [3.8, 4) is 0 Å². The average Bonchev–Trinajstić information content (AvgIpc) is 3.21. The second kappa shape index (κ2) is 7.25. The molecule has 0 amide bonds. The van der Waals surface area contributed by atoms with Gasteiger partial charge in [-0.25, -0.2) is 9.97 Å². The van der Waals surface area contributed by atoms with Gasteiger partial charge in [-0.2, -0.15) is 4.52 Å². The fourth-order valence-corrected chi connectivity index (χ4v) is 4.19. The third-order valence-corrected chi connectivity index (χ3v) is 6.00. The first-order chi connectivity index (χ1) is 13.1. The lowest BCUT2D eigenvalue weighted by molar-refractivity contribution is 0.271. The number of hydrogen-bond acceptors (Lipinski definition) is 6. The third kappa shape index (κ3) is 3.28. The molecule has 1 atom stereocenters. The number of rotatable bonds is 6. The van der Waals surface area contributed by atoms with Crippen molar-refractivity contribution in [3.05, 3.63) is 52.2 Å². The van der Waals surface area contributed by atoms with E-state index >= 15 is 0 Å². The van der Waals surface area contributed by atoms with Gasteiger partial charge in [0.1, 0.15) is 4.83 Å². The minimum absolute atomic E-state index is 0.0474. The lowest BCUT2D eigenvalue weighted by Crippen LogP contribution is -2.25. The Labute approximate surface area is 161 Å². The summed E-state index contributed by atoms with van der Waals surface area (Å²) < 4.78 is 1.79. The first-order valence-electron chi connectivity index (χ1n) is 9.17. The van der Waals surface area contributed by atoms with E-state index in [2.05, 4.69) is 31.3 Å². The number of aryl methyl sites for hydroxylation is 2. The van der Waals surface area contributed by atoms with Gasteiger partial charge in [0.15, 0.2) is 11.5 Å². The summed E-state index contributed by atoms with van der Waals surface area (Å²) in [4.78, 5) is 11.8. The van der Waals surface area contributed by atoms with Gasteiger partial charge in [-0.1, -0.05) is 37.3 Å². The Balaban J connectivity index is 1.88. The SMILES string of the molecule is CCC(CO)Nc1nc2sc(C)c(C)c2c2nc(Cc3ccccc3)nn12. The molecule has 27 heavy (non-hydrogen) atoms. The maximum atomic E-state index is 9.59. The minimum atomic E-state index is -0.0675. The predicted octanol–water partition coefficient (Wildman–Crippen LogP) is 3.73. The monoisotopic (exact) mass is 381 g/mol. The first-order valence-corrected chi connectivity index (χ1v) is 9.99. The molecule has 3 aromatic heterocycles. The number of fused-ring (bicyclic) bond motifs is 3. The normalized spacial score (nSPS) is 12.7. The quantitative estimate of drug-likeness (QED) is 0.532. The van der Waals surface area contributed by atoms with Crippen molar-refractivity contribution in [2.45, 2.75) is 39.7 Å². The van der Waals surface area contributed by atoms with Crippen molar-refractivity contribution in [2.24, 2.45) is 0 Å². The van der Waals surface area contributed by atoms with Crippen LogP contribution in [0.15, 0.2) is 30.3 Å². The molecule has 0 fully saturated rings. The fourth-order valence-electron chi connectivity index (χ4n) is 3.16. The molecular weight excluding hydrogens is 358 g/mol.